The second-order valence-electron chi connectivity index (χ2n) is 5.72. The number of esters is 1. The summed E-state index contributed by atoms with van der Waals surface area (Å²) in [7, 11) is 5.53. The van der Waals surface area contributed by atoms with Crippen molar-refractivity contribution in [2.24, 2.45) is 0 Å². The van der Waals surface area contributed by atoms with Crippen LogP contribution < -0.4 is 10.6 Å². The molecule has 2 rings (SSSR count). The third-order valence-corrected chi connectivity index (χ3v) is 3.93. The van der Waals surface area contributed by atoms with Crippen molar-refractivity contribution in [1.29, 1.82) is 0 Å². The van der Waals surface area contributed by atoms with E-state index in [0.29, 0.717) is 11.3 Å². The number of carbonyl (C=O) groups excluding carboxylic acids is 1. The highest BCUT2D eigenvalue weighted by Gasteiger charge is 2.25. The number of benzene rings is 1. The summed E-state index contributed by atoms with van der Waals surface area (Å²) in [5.41, 5.74) is 7.93. The monoisotopic (exact) mass is 292 g/mol. The molecule has 0 heterocycles. The molecule has 116 valence electrons. The molecule has 5 heteroatoms. The topological polar surface area (TPSA) is 64.8 Å². The molecule has 1 saturated carbocycles. The zero-order chi connectivity index (χ0) is 15.4. The van der Waals surface area contributed by atoms with Crippen molar-refractivity contribution in [2.75, 3.05) is 31.8 Å². The molecular formula is C16H24N2O3. The van der Waals surface area contributed by atoms with Crippen LogP contribution in [0.4, 0.5) is 11.4 Å². The van der Waals surface area contributed by atoms with Crippen LogP contribution in [0.2, 0.25) is 0 Å². The van der Waals surface area contributed by atoms with Crippen LogP contribution in [-0.4, -0.2) is 39.4 Å². The van der Waals surface area contributed by atoms with Crippen molar-refractivity contribution < 1.29 is 14.3 Å². The van der Waals surface area contributed by atoms with Gasteiger partial charge in [-0.2, -0.15) is 0 Å². The average Bonchev–Trinajstić information content (AvgIpc) is 2.46. The number of nitrogens with zero attached hydrogens (tertiary/aromatic N) is 1. The number of ether oxygens (including phenoxy) is 2. The maximum Gasteiger partial charge on any atom is 0.338 e. The first-order chi connectivity index (χ1) is 10.0. The first-order valence-electron chi connectivity index (χ1n) is 7.32. The fraction of sp³-hybridized carbons (Fsp3) is 0.562. The molecule has 0 spiro atoms. The average molecular weight is 292 g/mol. The summed E-state index contributed by atoms with van der Waals surface area (Å²) in [5.74, 6) is -0.311. The van der Waals surface area contributed by atoms with E-state index in [1.54, 1.807) is 19.2 Å². The zero-order valence-electron chi connectivity index (χ0n) is 13.0. The van der Waals surface area contributed by atoms with E-state index in [0.717, 1.165) is 31.4 Å². The van der Waals surface area contributed by atoms with Crippen LogP contribution in [0.5, 0.6) is 0 Å². The van der Waals surface area contributed by atoms with Crippen LogP contribution in [0.25, 0.3) is 0 Å². The number of anilines is 2. The third-order valence-electron chi connectivity index (χ3n) is 3.93. The molecule has 0 aromatic heterocycles. The molecule has 1 aromatic carbocycles. The van der Waals surface area contributed by atoms with E-state index >= 15 is 0 Å². The first-order valence-corrected chi connectivity index (χ1v) is 7.32. The Hall–Kier alpha value is -1.75. The zero-order valence-corrected chi connectivity index (χ0v) is 13.0. The Morgan fingerprint density at radius 3 is 2.62 bits per heavy atom. The number of nitrogen functional groups attached to an aromatic ring is 1. The molecule has 2 unspecified atom stereocenters. The minimum Gasteiger partial charge on any atom is -0.459 e. The minimum atomic E-state index is -0.311. The van der Waals surface area contributed by atoms with Crippen LogP contribution in [0.15, 0.2) is 18.2 Å². The van der Waals surface area contributed by atoms with Gasteiger partial charge in [0, 0.05) is 27.6 Å². The molecule has 5 nitrogen and oxygen atoms in total. The van der Waals surface area contributed by atoms with Crippen LogP contribution in [0.3, 0.4) is 0 Å². The Morgan fingerprint density at radius 2 is 2.00 bits per heavy atom. The van der Waals surface area contributed by atoms with Crippen molar-refractivity contribution in [3.05, 3.63) is 23.8 Å². The predicted molar refractivity (Wildman–Crippen MR) is 83.6 cm³/mol. The summed E-state index contributed by atoms with van der Waals surface area (Å²) in [6.45, 7) is 0. The van der Waals surface area contributed by atoms with Gasteiger partial charge in [0.25, 0.3) is 0 Å². The molecule has 0 saturated heterocycles. The van der Waals surface area contributed by atoms with Gasteiger partial charge in [0.05, 0.1) is 23.0 Å². The molecule has 0 bridgehead atoms. The summed E-state index contributed by atoms with van der Waals surface area (Å²) in [4.78, 5) is 14.1. The lowest BCUT2D eigenvalue weighted by atomic mass is 9.95. The normalized spacial score (nSPS) is 21.9. The highest BCUT2D eigenvalue weighted by atomic mass is 16.5. The van der Waals surface area contributed by atoms with Crippen LogP contribution >= 0.6 is 0 Å². The molecule has 0 aliphatic heterocycles. The molecular weight excluding hydrogens is 268 g/mol. The molecule has 0 amide bonds. The van der Waals surface area contributed by atoms with Crippen LogP contribution in [-0.2, 0) is 9.47 Å². The van der Waals surface area contributed by atoms with Gasteiger partial charge in [-0.3, -0.25) is 0 Å². The highest BCUT2D eigenvalue weighted by molar-refractivity contribution is 5.92. The molecule has 1 aliphatic rings. The lowest BCUT2D eigenvalue weighted by Crippen LogP contribution is -2.29. The lowest BCUT2D eigenvalue weighted by molar-refractivity contribution is -0.0149. The Bertz CT molecular complexity index is 502. The molecule has 0 radical (unpaired) electrons. The lowest BCUT2D eigenvalue weighted by Gasteiger charge is -2.28. The van der Waals surface area contributed by atoms with E-state index in [4.69, 9.17) is 15.2 Å². The van der Waals surface area contributed by atoms with Gasteiger partial charge in [0.1, 0.15) is 6.10 Å². The maximum absolute atomic E-state index is 12.2. The minimum absolute atomic E-state index is 0.0639. The Morgan fingerprint density at radius 1 is 1.29 bits per heavy atom. The highest BCUT2D eigenvalue weighted by Crippen LogP contribution is 2.26. The van der Waals surface area contributed by atoms with E-state index < -0.39 is 0 Å². The Kier molecular flexibility index (Phi) is 5.07. The number of hydrogen-bond acceptors (Lipinski definition) is 5. The van der Waals surface area contributed by atoms with Gasteiger partial charge < -0.3 is 20.1 Å². The fourth-order valence-electron chi connectivity index (χ4n) is 2.73. The second kappa shape index (κ2) is 6.80. The van der Waals surface area contributed by atoms with E-state index in [2.05, 4.69) is 0 Å². The molecule has 2 atom stereocenters. The van der Waals surface area contributed by atoms with Gasteiger partial charge in [-0.1, -0.05) is 0 Å². The fourth-order valence-corrected chi connectivity index (χ4v) is 2.73. The molecule has 2 N–H and O–H groups in total. The van der Waals surface area contributed by atoms with Crippen molar-refractivity contribution in [3.8, 4) is 0 Å². The standard InChI is InChI=1S/C16H24N2O3/c1-18(2)15-8-7-11(9-14(15)17)16(19)21-13-6-4-5-12(10-13)20-3/h7-9,12-13H,4-6,10,17H2,1-3H3. The van der Waals surface area contributed by atoms with Crippen molar-refractivity contribution >= 4 is 17.3 Å². The number of hydrogen-bond donors (Lipinski definition) is 1. The van der Waals surface area contributed by atoms with Gasteiger partial charge in [-0.15, -0.1) is 0 Å². The Balaban J connectivity index is 2.01. The molecule has 21 heavy (non-hydrogen) atoms. The van der Waals surface area contributed by atoms with Gasteiger partial charge in [0.15, 0.2) is 0 Å². The maximum atomic E-state index is 12.2. The van der Waals surface area contributed by atoms with Gasteiger partial charge >= 0.3 is 5.97 Å². The van der Waals surface area contributed by atoms with Gasteiger partial charge in [0.2, 0.25) is 0 Å². The summed E-state index contributed by atoms with van der Waals surface area (Å²) < 4.78 is 10.9. The van der Waals surface area contributed by atoms with Crippen LogP contribution in [0.1, 0.15) is 36.0 Å². The van der Waals surface area contributed by atoms with Crippen molar-refractivity contribution in [2.45, 2.75) is 37.9 Å². The first kappa shape index (κ1) is 15.6. The van der Waals surface area contributed by atoms with E-state index in [1.807, 2.05) is 25.1 Å². The SMILES string of the molecule is COC1CCCC(OC(=O)c2ccc(N(C)C)c(N)c2)C1. The molecule has 1 aromatic rings. The van der Waals surface area contributed by atoms with E-state index in [9.17, 15) is 4.79 Å². The van der Waals surface area contributed by atoms with Gasteiger partial charge in [-0.25, -0.2) is 4.79 Å². The van der Waals surface area contributed by atoms with Crippen molar-refractivity contribution in [3.63, 3.8) is 0 Å². The quantitative estimate of drug-likeness (QED) is 0.682. The number of carbonyl (C=O) groups is 1. The number of methoxy groups -OCH3 is 1. The summed E-state index contributed by atoms with van der Waals surface area (Å²) in [6, 6.07) is 5.27. The second-order valence-corrected chi connectivity index (χ2v) is 5.72. The van der Waals surface area contributed by atoms with E-state index in [1.165, 1.54) is 0 Å². The van der Waals surface area contributed by atoms with Crippen LogP contribution in [0, 0.1) is 0 Å². The van der Waals surface area contributed by atoms with Gasteiger partial charge in [-0.05, 0) is 37.5 Å². The summed E-state index contributed by atoms with van der Waals surface area (Å²) in [6.07, 6.45) is 3.86. The number of nitrogens with two attached hydrogens (primary N) is 1. The third kappa shape index (κ3) is 3.88. The summed E-state index contributed by atoms with van der Waals surface area (Å²) >= 11 is 0. The predicted octanol–water partition coefficient (Wildman–Crippen LogP) is 2.45. The summed E-state index contributed by atoms with van der Waals surface area (Å²) in [5, 5.41) is 0. The molecule has 1 fully saturated rings. The number of rotatable bonds is 4. The van der Waals surface area contributed by atoms with Crippen molar-refractivity contribution in [1.82, 2.24) is 0 Å². The molecule has 1 aliphatic carbocycles. The Labute approximate surface area is 126 Å². The van der Waals surface area contributed by atoms with E-state index in [-0.39, 0.29) is 18.2 Å². The largest absolute Gasteiger partial charge is 0.459 e. The smallest absolute Gasteiger partial charge is 0.338 e.